The van der Waals surface area contributed by atoms with Gasteiger partial charge in [0.15, 0.2) is 6.10 Å². The Bertz CT molecular complexity index is 312. The minimum atomic E-state index is -2.31. The van der Waals surface area contributed by atoms with Crippen LogP contribution in [0.15, 0.2) is 0 Å². The predicted molar refractivity (Wildman–Crippen MR) is 59.5 cm³/mol. The van der Waals surface area contributed by atoms with Crippen molar-refractivity contribution in [1.29, 1.82) is 0 Å². The second kappa shape index (κ2) is 6.57. The van der Waals surface area contributed by atoms with Crippen LogP contribution in [0.5, 0.6) is 0 Å². The summed E-state index contributed by atoms with van der Waals surface area (Å²) >= 11 is 0. The molecule has 0 radical (unpaired) electrons. The van der Waals surface area contributed by atoms with Gasteiger partial charge in [0.25, 0.3) is 0 Å². The van der Waals surface area contributed by atoms with Crippen LogP contribution in [0.25, 0.3) is 0 Å². The number of aliphatic hydroxyl groups is 4. The Morgan fingerprint density at radius 1 is 1.37 bits per heavy atom. The van der Waals surface area contributed by atoms with Crippen molar-refractivity contribution in [2.24, 2.45) is 5.73 Å². The molecule has 0 amide bonds. The van der Waals surface area contributed by atoms with Gasteiger partial charge in [-0.05, 0) is 0 Å². The van der Waals surface area contributed by atoms with E-state index in [1.54, 1.807) is 0 Å². The van der Waals surface area contributed by atoms with E-state index in [9.17, 15) is 20.1 Å². The Kier molecular flexibility index (Phi) is 5.62. The summed E-state index contributed by atoms with van der Waals surface area (Å²) in [5.41, 5.74) is 5.25. The average Bonchev–Trinajstić information content (AvgIpc) is 2.37. The Hall–Kier alpha value is -0.810. The second-order valence-corrected chi connectivity index (χ2v) is 4.10. The normalized spacial score (nSPS) is 39.1. The zero-order chi connectivity index (χ0) is 14.6. The van der Waals surface area contributed by atoms with Gasteiger partial charge >= 0.3 is 11.9 Å². The summed E-state index contributed by atoms with van der Waals surface area (Å²) in [6, 6.07) is 0. The third-order valence-electron chi connectivity index (χ3n) is 2.62. The minimum absolute atomic E-state index is 0.0432. The number of hydrogen-bond acceptors (Lipinski definition) is 9. The highest BCUT2D eigenvalue weighted by Gasteiger charge is 2.57. The van der Waals surface area contributed by atoms with Gasteiger partial charge in [-0.15, -0.1) is 0 Å². The molecular formula is C10H19NO8. The van der Waals surface area contributed by atoms with Gasteiger partial charge < -0.3 is 40.4 Å². The van der Waals surface area contributed by atoms with E-state index in [1.807, 2.05) is 0 Å². The summed E-state index contributed by atoms with van der Waals surface area (Å²) < 4.78 is 14.9. The molecule has 0 saturated carbocycles. The summed E-state index contributed by atoms with van der Waals surface area (Å²) in [5.74, 6) is -3.14. The van der Waals surface area contributed by atoms with E-state index in [1.165, 1.54) is 0 Å². The van der Waals surface area contributed by atoms with Gasteiger partial charge in [-0.1, -0.05) is 0 Å². The average molecular weight is 281 g/mol. The first-order valence-corrected chi connectivity index (χ1v) is 5.74. The molecule has 1 heterocycles. The van der Waals surface area contributed by atoms with E-state index in [0.29, 0.717) is 0 Å². The first-order chi connectivity index (χ1) is 8.88. The van der Waals surface area contributed by atoms with Crippen LogP contribution in [0.4, 0.5) is 0 Å². The fourth-order valence-corrected chi connectivity index (χ4v) is 1.75. The molecule has 1 saturated heterocycles. The lowest BCUT2D eigenvalue weighted by atomic mass is 9.97. The predicted octanol–water partition coefficient (Wildman–Crippen LogP) is -3.35. The monoisotopic (exact) mass is 281 g/mol. The van der Waals surface area contributed by atoms with Gasteiger partial charge in [0.1, 0.15) is 18.3 Å². The van der Waals surface area contributed by atoms with Crippen LogP contribution >= 0.6 is 0 Å². The van der Waals surface area contributed by atoms with Gasteiger partial charge in [-0.3, -0.25) is 4.79 Å². The maximum atomic E-state index is 11.1. The smallest absolute Gasteiger partial charge is 0.360 e. The SMILES string of the molecule is CC(=O)O[C@@]1(OCCN)O[C@H](CO)[C@@H](O)[C@H](O)[C@H]1O. The van der Waals surface area contributed by atoms with Crippen LogP contribution in [-0.2, 0) is 19.0 Å². The molecule has 1 rings (SSSR count). The summed E-state index contributed by atoms with van der Waals surface area (Å²) in [7, 11) is 0. The second-order valence-electron chi connectivity index (χ2n) is 4.10. The molecule has 1 fully saturated rings. The third-order valence-corrected chi connectivity index (χ3v) is 2.62. The summed E-state index contributed by atoms with van der Waals surface area (Å²) in [5, 5.41) is 38.2. The van der Waals surface area contributed by atoms with E-state index in [2.05, 4.69) is 0 Å². The third kappa shape index (κ3) is 3.39. The summed E-state index contributed by atoms with van der Waals surface area (Å²) in [4.78, 5) is 11.1. The van der Waals surface area contributed by atoms with Crippen LogP contribution in [0.3, 0.4) is 0 Å². The van der Waals surface area contributed by atoms with Gasteiger partial charge in [0.2, 0.25) is 0 Å². The molecule has 19 heavy (non-hydrogen) atoms. The Balaban J connectivity index is 3.00. The maximum Gasteiger partial charge on any atom is 0.360 e. The standard InChI is InChI=1S/C10H19NO8/c1-5(13)18-10(17-3-2-11)9(16)8(15)7(14)6(4-12)19-10/h6-9,12,14-16H,2-4,11H2,1H3/t6-,7-,8+,9-,10-/m1/s1. The van der Waals surface area contributed by atoms with E-state index in [4.69, 9.17) is 25.1 Å². The lowest BCUT2D eigenvalue weighted by molar-refractivity contribution is -0.446. The molecule has 0 aromatic heterocycles. The van der Waals surface area contributed by atoms with Crippen molar-refractivity contribution < 1.29 is 39.4 Å². The molecule has 9 nitrogen and oxygen atoms in total. The van der Waals surface area contributed by atoms with Crippen LogP contribution < -0.4 is 5.73 Å². The Morgan fingerprint density at radius 3 is 2.47 bits per heavy atom. The van der Waals surface area contributed by atoms with Crippen molar-refractivity contribution in [2.75, 3.05) is 19.8 Å². The number of carbonyl (C=O) groups is 1. The fraction of sp³-hybridized carbons (Fsp3) is 0.900. The van der Waals surface area contributed by atoms with Crippen LogP contribution in [0.1, 0.15) is 6.92 Å². The quantitative estimate of drug-likeness (QED) is 0.257. The summed E-state index contributed by atoms with van der Waals surface area (Å²) in [6.45, 7) is 0.293. The Morgan fingerprint density at radius 2 is 2.00 bits per heavy atom. The van der Waals surface area contributed by atoms with Crippen molar-refractivity contribution in [3.05, 3.63) is 0 Å². The van der Waals surface area contributed by atoms with Gasteiger partial charge in [-0.2, -0.15) is 0 Å². The zero-order valence-corrected chi connectivity index (χ0v) is 10.4. The molecule has 5 atom stereocenters. The summed E-state index contributed by atoms with van der Waals surface area (Å²) in [6.07, 6.45) is -6.40. The van der Waals surface area contributed by atoms with Gasteiger partial charge in [0, 0.05) is 13.5 Å². The molecule has 1 aliphatic rings. The van der Waals surface area contributed by atoms with Gasteiger partial charge in [-0.25, -0.2) is 0 Å². The van der Waals surface area contributed by atoms with E-state index >= 15 is 0 Å². The topological polar surface area (TPSA) is 152 Å². The van der Waals surface area contributed by atoms with E-state index in [0.717, 1.165) is 6.92 Å². The number of ether oxygens (including phenoxy) is 3. The lowest BCUT2D eigenvalue weighted by Crippen LogP contribution is -2.67. The fourth-order valence-electron chi connectivity index (χ4n) is 1.75. The lowest BCUT2D eigenvalue weighted by Gasteiger charge is -2.46. The molecule has 0 aromatic rings. The first kappa shape index (κ1) is 16.2. The molecule has 0 aromatic carbocycles. The molecule has 0 aliphatic carbocycles. The molecule has 112 valence electrons. The van der Waals surface area contributed by atoms with Crippen LogP contribution in [-0.4, -0.2) is 76.5 Å². The molecule has 0 spiro atoms. The van der Waals surface area contributed by atoms with Crippen molar-refractivity contribution in [3.8, 4) is 0 Å². The van der Waals surface area contributed by atoms with Crippen molar-refractivity contribution >= 4 is 5.97 Å². The highest BCUT2D eigenvalue weighted by molar-refractivity contribution is 5.66. The van der Waals surface area contributed by atoms with Gasteiger partial charge in [0.05, 0.1) is 13.2 Å². The molecule has 1 aliphatic heterocycles. The molecule has 0 bridgehead atoms. The van der Waals surface area contributed by atoms with Crippen molar-refractivity contribution in [3.63, 3.8) is 0 Å². The highest BCUT2D eigenvalue weighted by atomic mass is 16.9. The zero-order valence-electron chi connectivity index (χ0n) is 10.4. The van der Waals surface area contributed by atoms with Crippen molar-refractivity contribution in [1.82, 2.24) is 0 Å². The number of esters is 1. The van der Waals surface area contributed by atoms with Crippen molar-refractivity contribution in [2.45, 2.75) is 37.3 Å². The van der Waals surface area contributed by atoms with Crippen LogP contribution in [0, 0.1) is 0 Å². The molecular weight excluding hydrogens is 262 g/mol. The molecule has 9 heteroatoms. The maximum absolute atomic E-state index is 11.1. The van der Waals surface area contributed by atoms with Crippen LogP contribution in [0.2, 0.25) is 0 Å². The number of carbonyl (C=O) groups excluding carboxylic acids is 1. The number of aliphatic hydroxyl groups excluding tert-OH is 4. The largest absolute Gasteiger partial charge is 0.406 e. The first-order valence-electron chi connectivity index (χ1n) is 5.74. The molecule has 0 unspecified atom stereocenters. The number of hydrogen-bond donors (Lipinski definition) is 5. The minimum Gasteiger partial charge on any atom is -0.406 e. The van der Waals surface area contributed by atoms with E-state index in [-0.39, 0.29) is 13.2 Å². The molecule has 6 N–H and O–H groups in total. The Labute approximate surface area is 109 Å². The highest BCUT2D eigenvalue weighted by Crippen LogP contribution is 2.32. The van der Waals surface area contributed by atoms with E-state index < -0.39 is 43.0 Å². The number of rotatable bonds is 5. The number of nitrogens with two attached hydrogens (primary N) is 1.